The fraction of sp³-hybridized carbons (Fsp3) is 0.571. The van der Waals surface area contributed by atoms with Gasteiger partial charge in [0.1, 0.15) is 0 Å². The van der Waals surface area contributed by atoms with Crippen molar-refractivity contribution < 1.29 is 14.3 Å². The molecule has 0 saturated carbocycles. The predicted octanol–water partition coefficient (Wildman–Crippen LogP) is 0.0450. The van der Waals surface area contributed by atoms with Crippen LogP contribution in [0.25, 0.3) is 0 Å². The van der Waals surface area contributed by atoms with E-state index >= 15 is 0 Å². The monoisotopic (exact) mass is 279 g/mol. The minimum Gasteiger partial charge on any atom is -0.376 e. The molecule has 1 aliphatic rings. The van der Waals surface area contributed by atoms with Crippen molar-refractivity contribution in [2.45, 2.75) is 12.6 Å². The molecule has 6 nitrogen and oxygen atoms in total. The van der Waals surface area contributed by atoms with E-state index in [0.717, 1.165) is 12.1 Å². The van der Waals surface area contributed by atoms with Crippen molar-refractivity contribution in [1.29, 1.82) is 0 Å². The van der Waals surface area contributed by atoms with Gasteiger partial charge in [0, 0.05) is 25.5 Å². The maximum absolute atomic E-state index is 11.8. The Morgan fingerprint density at radius 2 is 2.25 bits per heavy atom. The Morgan fingerprint density at radius 3 is 2.95 bits per heavy atom. The highest BCUT2D eigenvalue weighted by Gasteiger charge is 2.15. The lowest BCUT2D eigenvalue weighted by atomic mass is 10.2. The number of hydrogen-bond acceptors (Lipinski definition) is 5. The van der Waals surface area contributed by atoms with Crippen LogP contribution in [0.3, 0.4) is 0 Å². The van der Waals surface area contributed by atoms with Crippen LogP contribution in [0.1, 0.15) is 5.56 Å². The fourth-order valence-electron chi connectivity index (χ4n) is 2.04. The molecular weight excluding hydrogens is 258 g/mol. The summed E-state index contributed by atoms with van der Waals surface area (Å²) < 4.78 is 10.8. The minimum absolute atomic E-state index is 0.00395. The van der Waals surface area contributed by atoms with E-state index in [9.17, 15) is 4.79 Å². The first-order valence-electron chi connectivity index (χ1n) is 6.77. The maximum Gasteiger partial charge on any atom is 0.234 e. The highest BCUT2D eigenvalue weighted by Crippen LogP contribution is 2.01. The molecule has 110 valence electrons. The van der Waals surface area contributed by atoms with E-state index in [2.05, 4.69) is 10.3 Å². The molecule has 20 heavy (non-hydrogen) atoms. The Morgan fingerprint density at radius 1 is 1.45 bits per heavy atom. The van der Waals surface area contributed by atoms with E-state index in [1.165, 1.54) is 0 Å². The first-order chi connectivity index (χ1) is 9.74. The fourth-order valence-corrected chi connectivity index (χ4v) is 2.04. The summed E-state index contributed by atoms with van der Waals surface area (Å²) in [6.45, 7) is 3.37. The molecule has 1 fully saturated rings. The topological polar surface area (TPSA) is 63.7 Å². The zero-order valence-corrected chi connectivity index (χ0v) is 11.7. The van der Waals surface area contributed by atoms with Gasteiger partial charge < -0.3 is 14.8 Å². The SMILES string of the molecule is CN(CC(=O)NC[C@@H]1COCCO1)Cc1ccncc1. The zero-order chi connectivity index (χ0) is 14.2. The van der Waals surface area contributed by atoms with Crippen LogP contribution in [0.5, 0.6) is 0 Å². The van der Waals surface area contributed by atoms with Crippen molar-refractivity contribution in [1.82, 2.24) is 15.2 Å². The van der Waals surface area contributed by atoms with Gasteiger partial charge in [0.25, 0.3) is 0 Å². The second-order valence-electron chi connectivity index (χ2n) is 4.90. The number of pyridine rings is 1. The van der Waals surface area contributed by atoms with Gasteiger partial charge in [-0.25, -0.2) is 0 Å². The minimum atomic E-state index is -0.0294. The molecule has 0 aromatic carbocycles. The Kier molecular flexibility index (Phi) is 5.91. The number of ether oxygens (including phenoxy) is 2. The second kappa shape index (κ2) is 7.94. The molecular formula is C14H21N3O3. The number of carbonyl (C=O) groups excluding carboxylic acids is 1. The first-order valence-corrected chi connectivity index (χ1v) is 6.77. The smallest absolute Gasteiger partial charge is 0.234 e. The molecule has 0 aliphatic carbocycles. The molecule has 0 radical (unpaired) electrons. The van der Waals surface area contributed by atoms with Gasteiger partial charge in [-0.05, 0) is 24.7 Å². The van der Waals surface area contributed by atoms with E-state index in [-0.39, 0.29) is 12.0 Å². The summed E-state index contributed by atoms with van der Waals surface area (Å²) in [6, 6.07) is 3.89. The Balaban J connectivity index is 1.65. The third kappa shape index (κ3) is 5.24. The number of amides is 1. The highest BCUT2D eigenvalue weighted by molar-refractivity contribution is 5.77. The van der Waals surface area contributed by atoms with E-state index in [0.29, 0.717) is 32.9 Å². The summed E-state index contributed by atoms with van der Waals surface area (Å²) in [5, 5.41) is 2.87. The van der Waals surface area contributed by atoms with Gasteiger partial charge in [0.05, 0.1) is 32.5 Å². The Labute approximate surface area is 119 Å². The lowest BCUT2D eigenvalue weighted by Crippen LogP contribution is -2.42. The van der Waals surface area contributed by atoms with E-state index in [1.54, 1.807) is 12.4 Å². The Bertz CT molecular complexity index is 407. The summed E-state index contributed by atoms with van der Waals surface area (Å²) in [6.07, 6.45) is 3.48. The second-order valence-corrected chi connectivity index (χ2v) is 4.90. The normalized spacial score (nSPS) is 19.0. The van der Waals surface area contributed by atoms with Crippen molar-refractivity contribution >= 4 is 5.91 Å². The van der Waals surface area contributed by atoms with Gasteiger partial charge in [0.2, 0.25) is 5.91 Å². The van der Waals surface area contributed by atoms with Crippen molar-refractivity contribution in [2.24, 2.45) is 0 Å². The van der Waals surface area contributed by atoms with Crippen molar-refractivity contribution in [3.8, 4) is 0 Å². The number of likely N-dealkylation sites (N-methyl/N-ethyl adjacent to an activating group) is 1. The third-order valence-corrected chi connectivity index (χ3v) is 3.03. The number of nitrogens with one attached hydrogen (secondary N) is 1. The molecule has 1 saturated heterocycles. The van der Waals surface area contributed by atoms with Crippen LogP contribution in [-0.2, 0) is 20.8 Å². The standard InChI is InChI=1S/C14H21N3O3/c1-17(9-12-2-4-15-5-3-12)10-14(18)16-8-13-11-19-6-7-20-13/h2-5,13H,6-11H2,1H3,(H,16,18)/t13-/m1/s1. The molecule has 0 bridgehead atoms. The van der Waals surface area contributed by atoms with Crippen LogP contribution in [0.15, 0.2) is 24.5 Å². The van der Waals surface area contributed by atoms with Crippen molar-refractivity contribution in [2.75, 3.05) is 40.0 Å². The van der Waals surface area contributed by atoms with Crippen molar-refractivity contribution in [3.63, 3.8) is 0 Å². The highest BCUT2D eigenvalue weighted by atomic mass is 16.6. The lowest BCUT2D eigenvalue weighted by molar-refractivity contribution is -0.124. The molecule has 1 aliphatic heterocycles. The summed E-state index contributed by atoms with van der Waals surface area (Å²) in [4.78, 5) is 17.8. The van der Waals surface area contributed by atoms with E-state index in [1.807, 2.05) is 24.1 Å². The maximum atomic E-state index is 11.8. The molecule has 1 N–H and O–H groups in total. The first kappa shape index (κ1) is 14.9. The Hall–Kier alpha value is -1.50. The lowest BCUT2D eigenvalue weighted by Gasteiger charge is -2.23. The number of rotatable bonds is 6. The van der Waals surface area contributed by atoms with Gasteiger partial charge >= 0.3 is 0 Å². The van der Waals surface area contributed by atoms with Gasteiger partial charge in [-0.2, -0.15) is 0 Å². The van der Waals surface area contributed by atoms with Gasteiger partial charge in [-0.1, -0.05) is 0 Å². The van der Waals surface area contributed by atoms with Crippen LogP contribution >= 0.6 is 0 Å². The van der Waals surface area contributed by atoms with Crippen molar-refractivity contribution in [3.05, 3.63) is 30.1 Å². The van der Waals surface area contributed by atoms with Crippen LogP contribution in [0.4, 0.5) is 0 Å². The molecule has 0 unspecified atom stereocenters. The number of nitrogens with zero attached hydrogens (tertiary/aromatic N) is 2. The average Bonchev–Trinajstić information content (AvgIpc) is 2.47. The van der Waals surface area contributed by atoms with Crippen LogP contribution < -0.4 is 5.32 Å². The largest absolute Gasteiger partial charge is 0.376 e. The molecule has 1 aromatic heterocycles. The third-order valence-electron chi connectivity index (χ3n) is 3.03. The number of aromatic nitrogens is 1. The van der Waals surface area contributed by atoms with E-state index < -0.39 is 0 Å². The molecule has 1 amide bonds. The quantitative estimate of drug-likeness (QED) is 0.797. The van der Waals surface area contributed by atoms with Gasteiger partial charge in [0.15, 0.2) is 0 Å². The van der Waals surface area contributed by atoms with Crippen LogP contribution in [0.2, 0.25) is 0 Å². The van der Waals surface area contributed by atoms with Crippen LogP contribution in [0, 0.1) is 0 Å². The number of hydrogen-bond donors (Lipinski definition) is 1. The summed E-state index contributed by atoms with van der Waals surface area (Å²) >= 11 is 0. The van der Waals surface area contributed by atoms with E-state index in [4.69, 9.17) is 9.47 Å². The predicted molar refractivity (Wildman–Crippen MR) is 74.1 cm³/mol. The van der Waals surface area contributed by atoms with Gasteiger partial charge in [-0.3, -0.25) is 14.7 Å². The number of carbonyl (C=O) groups is 1. The molecule has 2 rings (SSSR count). The molecule has 0 spiro atoms. The zero-order valence-electron chi connectivity index (χ0n) is 11.7. The summed E-state index contributed by atoms with van der Waals surface area (Å²) in [5.74, 6) is -0.00395. The van der Waals surface area contributed by atoms with Crippen LogP contribution in [-0.4, -0.2) is 61.9 Å². The molecule has 1 aromatic rings. The summed E-state index contributed by atoms with van der Waals surface area (Å²) in [5.41, 5.74) is 1.14. The molecule has 2 heterocycles. The average molecular weight is 279 g/mol. The molecule has 6 heteroatoms. The summed E-state index contributed by atoms with van der Waals surface area (Å²) in [7, 11) is 1.92. The molecule has 1 atom stereocenters. The van der Waals surface area contributed by atoms with Gasteiger partial charge in [-0.15, -0.1) is 0 Å².